The van der Waals surface area contributed by atoms with Crippen molar-refractivity contribution in [1.82, 2.24) is 10.2 Å². The monoisotopic (exact) mass is 234 g/mol. The summed E-state index contributed by atoms with van der Waals surface area (Å²) in [5, 5.41) is 10.5. The summed E-state index contributed by atoms with van der Waals surface area (Å²) in [5.74, 6) is -0.257. The molecule has 2 aromatic rings. The van der Waals surface area contributed by atoms with Crippen molar-refractivity contribution in [3.8, 4) is 0 Å². The van der Waals surface area contributed by atoms with Crippen LogP contribution in [-0.2, 0) is 0 Å². The van der Waals surface area contributed by atoms with E-state index in [1.54, 1.807) is 11.6 Å². The lowest BCUT2D eigenvalue weighted by Gasteiger charge is -2.07. The molecule has 2 rings (SSSR count). The smallest absolute Gasteiger partial charge is 0.259 e. The molecule has 0 aliphatic rings. The van der Waals surface area contributed by atoms with Gasteiger partial charge >= 0.3 is 0 Å². The summed E-state index contributed by atoms with van der Waals surface area (Å²) in [7, 11) is 0. The fourth-order valence-electron chi connectivity index (χ4n) is 1.39. The average Bonchev–Trinajstić information content (AvgIpc) is 2.70. The first kappa shape index (κ1) is 10.6. The van der Waals surface area contributed by atoms with Crippen LogP contribution in [0.15, 0.2) is 23.7 Å². The third-order valence-corrected chi connectivity index (χ3v) is 2.72. The molecule has 0 unspecified atom stereocenters. The lowest BCUT2D eigenvalue weighted by molar-refractivity contribution is 0.102. The third-order valence-electron chi connectivity index (χ3n) is 2.11. The SMILES string of the molecule is Cc1cccc(N)c1C(=O)Nc1nncs1. The Bertz CT molecular complexity index is 489. The van der Waals surface area contributed by atoms with Gasteiger partial charge in [-0.2, -0.15) is 0 Å². The van der Waals surface area contributed by atoms with Crippen LogP contribution in [0.25, 0.3) is 0 Å². The molecule has 0 bridgehead atoms. The Labute approximate surface area is 96.3 Å². The zero-order valence-corrected chi connectivity index (χ0v) is 9.41. The van der Waals surface area contributed by atoms with Gasteiger partial charge in [0.25, 0.3) is 5.91 Å². The topological polar surface area (TPSA) is 80.9 Å². The molecule has 3 N–H and O–H groups in total. The molecule has 1 heterocycles. The van der Waals surface area contributed by atoms with E-state index in [2.05, 4.69) is 15.5 Å². The highest BCUT2D eigenvalue weighted by Crippen LogP contribution is 2.18. The molecule has 6 heteroatoms. The van der Waals surface area contributed by atoms with Crippen LogP contribution in [0.1, 0.15) is 15.9 Å². The van der Waals surface area contributed by atoms with Crippen molar-refractivity contribution >= 4 is 28.1 Å². The van der Waals surface area contributed by atoms with E-state index in [-0.39, 0.29) is 5.91 Å². The standard InChI is InChI=1S/C10H10N4OS/c1-6-3-2-4-7(11)8(6)9(15)13-10-14-12-5-16-10/h2-5H,11H2,1H3,(H,13,14,15). The van der Waals surface area contributed by atoms with Crippen LogP contribution < -0.4 is 11.1 Å². The first-order valence-corrected chi connectivity index (χ1v) is 5.49. The highest BCUT2D eigenvalue weighted by Gasteiger charge is 2.13. The number of nitrogens with one attached hydrogen (secondary N) is 1. The minimum Gasteiger partial charge on any atom is -0.398 e. The van der Waals surface area contributed by atoms with Gasteiger partial charge in [-0.05, 0) is 18.6 Å². The molecule has 0 aliphatic heterocycles. The molecule has 0 atom stereocenters. The minimum absolute atomic E-state index is 0.257. The summed E-state index contributed by atoms with van der Waals surface area (Å²) in [6, 6.07) is 5.35. The van der Waals surface area contributed by atoms with Crippen LogP contribution in [0.5, 0.6) is 0 Å². The molecule has 82 valence electrons. The highest BCUT2D eigenvalue weighted by atomic mass is 32.1. The largest absolute Gasteiger partial charge is 0.398 e. The molecule has 1 aromatic heterocycles. The molecule has 0 fully saturated rings. The number of aryl methyl sites for hydroxylation is 1. The molecule has 16 heavy (non-hydrogen) atoms. The van der Waals surface area contributed by atoms with Gasteiger partial charge in [-0.3, -0.25) is 10.1 Å². The number of hydrogen-bond acceptors (Lipinski definition) is 5. The van der Waals surface area contributed by atoms with Crippen molar-refractivity contribution in [2.24, 2.45) is 0 Å². The number of carbonyl (C=O) groups excluding carboxylic acids is 1. The number of anilines is 2. The second kappa shape index (κ2) is 4.28. The van der Waals surface area contributed by atoms with E-state index < -0.39 is 0 Å². The lowest BCUT2D eigenvalue weighted by Crippen LogP contribution is -2.15. The van der Waals surface area contributed by atoms with E-state index in [0.29, 0.717) is 16.4 Å². The fourth-order valence-corrected chi connectivity index (χ4v) is 1.83. The lowest BCUT2D eigenvalue weighted by atomic mass is 10.1. The van der Waals surface area contributed by atoms with Gasteiger partial charge in [0.2, 0.25) is 5.13 Å². The number of nitrogens with zero attached hydrogens (tertiary/aromatic N) is 2. The van der Waals surface area contributed by atoms with Gasteiger partial charge in [0.05, 0.1) is 5.56 Å². The Balaban J connectivity index is 2.28. The van der Waals surface area contributed by atoms with Gasteiger partial charge in [-0.15, -0.1) is 10.2 Å². The second-order valence-corrected chi connectivity index (χ2v) is 4.07. The number of amides is 1. The first-order valence-electron chi connectivity index (χ1n) is 4.61. The van der Waals surface area contributed by atoms with E-state index in [1.807, 2.05) is 19.1 Å². The Hall–Kier alpha value is -1.95. The molecule has 0 saturated heterocycles. The molecule has 0 aliphatic carbocycles. The highest BCUT2D eigenvalue weighted by molar-refractivity contribution is 7.13. The van der Waals surface area contributed by atoms with Crippen LogP contribution in [0.4, 0.5) is 10.8 Å². The van der Waals surface area contributed by atoms with Crippen LogP contribution in [0.3, 0.4) is 0 Å². The Kier molecular flexibility index (Phi) is 2.82. The quantitative estimate of drug-likeness (QED) is 0.775. The van der Waals surface area contributed by atoms with Gasteiger partial charge in [-0.1, -0.05) is 23.5 Å². The summed E-state index contributed by atoms with van der Waals surface area (Å²) in [6.45, 7) is 1.84. The van der Waals surface area contributed by atoms with E-state index in [9.17, 15) is 4.79 Å². The van der Waals surface area contributed by atoms with Crippen LogP contribution in [0.2, 0.25) is 0 Å². The maximum Gasteiger partial charge on any atom is 0.259 e. The molecular weight excluding hydrogens is 224 g/mol. The summed E-state index contributed by atoms with van der Waals surface area (Å²) in [4.78, 5) is 11.9. The van der Waals surface area contributed by atoms with Crippen molar-refractivity contribution in [2.75, 3.05) is 11.1 Å². The summed E-state index contributed by atoms with van der Waals surface area (Å²) in [5.41, 5.74) is 9.09. The second-order valence-electron chi connectivity index (χ2n) is 3.24. The van der Waals surface area contributed by atoms with Crippen LogP contribution >= 0.6 is 11.3 Å². The molecule has 5 nitrogen and oxygen atoms in total. The fraction of sp³-hybridized carbons (Fsp3) is 0.100. The number of rotatable bonds is 2. The van der Waals surface area contributed by atoms with Crippen molar-refractivity contribution < 1.29 is 4.79 Å². The zero-order valence-electron chi connectivity index (χ0n) is 8.60. The van der Waals surface area contributed by atoms with Gasteiger partial charge in [0, 0.05) is 5.69 Å². The first-order chi connectivity index (χ1) is 7.68. The van der Waals surface area contributed by atoms with E-state index in [0.717, 1.165) is 5.56 Å². The van der Waals surface area contributed by atoms with Crippen LogP contribution in [0, 0.1) is 6.92 Å². The Morgan fingerprint density at radius 1 is 1.50 bits per heavy atom. The maximum atomic E-state index is 11.9. The summed E-state index contributed by atoms with van der Waals surface area (Å²) < 4.78 is 0. The molecule has 1 aromatic carbocycles. The van der Waals surface area contributed by atoms with Crippen molar-refractivity contribution in [1.29, 1.82) is 0 Å². The number of carbonyl (C=O) groups is 1. The molecular formula is C10H10N4OS. The number of aromatic nitrogens is 2. The number of nitrogens with two attached hydrogens (primary N) is 1. The van der Waals surface area contributed by atoms with Gasteiger partial charge in [0.1, 0.15) is 5.51 Å². The number of nitrogen functional groups attached to an aromatic ring is 1. The van der Waals surface area contributed by atoms with E-state index in [4.69, 9.17) is 5.73 Å². The van der Waals surface area contributed by atoms with Crippen molar-refractivity contribution in [3.63, 3.8) is 0 Å². The third kappa shape index (κ3) is 2.01. The van der Waals surface area contributed by atoms with Gasteiger partial charge in [-0.25, -0.2) is 0 Å². The Morgan fingerprint density at radius 2 is 2.31 bits per heavy atom. The predicted molar refractivity (Wildman–Crippen MR) is 63.5 cm³/mol. The van der Waals surface area contributed by atoms with E-state index in [1.165, 1.54) is 11.3 Å². The summed E-state index contributed by atoms with van der Waals surface area (Å²) in [6.07, 6.45) is 0. The summed E-state index contributed by atoms with van der Waals surface area (Å²) >= 11 is 1.26. The van der Waals surface area contributed by atoms with Crippen molar-refractivity contribution in [2.45, 2.75) is 6.92 Å². The number of benzene rings is 1. The Morgan fingerprint density at radius 3 is 2.94 bits per heavy atom. The minimum atomic E-state index is -0.257. The zero-order chi connectivity index (χ0) is 11.5. The molecule has 0 radical (unpaired) electrons. The predicted octanol–water partition coefficient (Wildman–Crippen LogP) is 1.68. The van der Waals surface area contributed by atoms with Gasteiger partial charge in [0.15, 0.2) is 0 Å². The molecule has 1 amide bonds. The number of hydrogen-bond donors (Lipinski definition) is 2. The normalized spacial score (nSPS) is 10.1. The molecule has 0 saturated carbocycles. The molecule has 0 spiro atoms. The van der Waals surface area contributed by atoms with Gasteiger partial charge < -0.3 is 5.73 Å². The average molecular weight is 234 g/mol. The maximum absolute atomic E-state index is 11.9. The van der Waals surface area contributed by atoms with E-state index >= 15 is 0 Å². The van der Waals surface area contributed by atoms with Crippen LogP contribution in [-0.4, -0.2) is 16.1 Å². The van der Waals surface area contributed by atoms with Crippen molar-refractivity contribution in [3.05, 3.63) is 34.8 Å².